The number of para-hydroxylation sites is 1. The van der Waals surface area contributed by atoms with Crippen LogP contribution in [-0.4, -0.2) is 21.3 Å². The van der Waals surface area contributed by atoms with Crippen LogP contribution in [0.3, 0.4) is 0 Å². The van der Waals surface area contributed by atoms with Crippen LogP contribution in [0.2, 0.25) is 0 Å². The van der Waals surface area contributed by atoms with Gasteiger partial charge in [-0.3, -0.25) is 0 Å². The highest BCUT2D eigenvalue weighted by Gasteiger charge is 2.59. The highest BCUT2D eigenvalue weighted by molar-refractivity contribution is 7.19. The molecule has 1 aromatic carbocycles. The molecule has 110 valence electrons. The number of rotatable bonds is 2. The summed E-state index contributed by atoms with van der Waals surface area (Å²) in [4.78, 5) is 7.12. The summed E-state index contributed by atoms with van der Waals surface area (Å²) >= 11 is 1.38. The van der Waals surface area contributed by atoms with Gasteiger partial charge in [0, 0.05) is 6.20 Å². The number of alkyl halides is 3. The molecule has 21 heavy (non-hydrogen) atoms. The normalized spacial score (nSPS) is 15.2. The largest absolute Gasteiger partial charge is 0.429 e. The standard InChI is InChI=1S/C12H8F3N3OS2/c13-12(14,15)11(19,8-5-17-10(16)21-8)9-18-6-3-1-2-4-7(6)20-9/h1-5,19H,(H2,16,17). The quantitative estimate of drug-likeness (QED) is 0.757. The molecule has 2 heterocycles. The van der Waals surface area contributed by atoms with Crippen LogP contribution in [0, 0.1) is 0 Å². The van der Waals surface area contributed by atoms with Crippen molar-refractivity contribution in [2.45, 2.75) is 11.8 Å². The van der Waals surface area contributed by atoms with Crippen molar-refractivity contribution in [3.8, 4) is 0 Å². The average Bonchev–Trinajstić information content (AvgIpc) is 3.02. The molecule has 1 unspecified atom stereocenters. The number of fused-ring (bicyclic) bond motifs is 1. The number of benzene rings is 1. The van der Waals surface area contributed by atoms with E-state index >= 15 is 0 Å². The second kappa shape index (κ2) is 4.65. The predicted octanol–water partition coefficient (Wildman–Crippen LogP) is 3.13. The molecule has 2 aromatic heterocycles. The van der Waals surface area contributed by atoms with Crippen LogP contribution in [0.4, 0.5) is 18.3 Å². The minimum absolute atomic E-state index is 0.0474. The highest BCUT2D eigenvalue weighted by Crippen LogP contribution is 2.48. The van der Waals surface area contributed by atoms with Gasteiger partial charge in [-0.2, -0.15) is 13.2 Å². The number of halogens is 3. The Hall–Kier alpha value is -1.71. The van der Waals surface area contributed by atoms with Crippen LogP contribution in [0.15, 0.2) is 30.5 Å². The van der Waals surface area contributed by atoms with Crippen molar-refractivity contribution in [2.24, 2.45) is 0 Å². The number of hydrogen-bond acceptors (Lipinski definition) is 6. The van der Waals surface area contributed by atoms with Gasteiger partial charge in [0.25, 0.3) is 0 Å². The fraction of sp³-hybridized carbons (Fsp3) is 0.167. The van der Waals surface area contributed by atoms with Gasteiger partial charge in [0.15, 0.2) is 5.13 Å². The summed E-state index contributed by atoms with van der Waals surface area (Å²) in [6.45, 7) is 0. The van der Waals surface area contributed by atoms with E-state index in [0.717, 1.165) is 17.5 Å². The Labute approximate surface area is 124 Å². The van der Waals surface area contributed by atoms with E-state index in [4.69, 9.17) is 5.73 Å². The van der Waals surface area contributed by atoms with Gasteiger partial charge >= 0.3 is 6.18 Å². The minimum Gasteiger partial charge on any atom is -0.375 e. The van der Waals surface area contributed by atoms with E-state index in [0.29, 0.717) is 21.6 Å². The number of nitrogens with two attached hydrogens (primary N) is 1. The number of anilines is 1. The fourth-order valence-corrected chi connectivity index (χ4v) is 3.80. The first-order valence-electron chi connectivity index (χ1n) is 5.69. The summed E-state index contributed by atoms with van der Waals surface area (Å²) < 4.78 is 41.0. The third kappa shape index (κ3) is 2.17. The summed E-state index contributed by atoms with van der Waals surface area (Å²) in [6.07, 6.45) is -4.00. The number of aliphatic hydroxyl groups is 1. The Morgan fingerprint density at radius 2 is 1.86 bits per heavy atom. The van der Waals surface area contributed by atoms with Gasteiger partial charge < -0.3 is 10.8 Å². The van der Waals surface area contributed by atoms with Crippen LogP contribution >= 0.6 is 22.7 Å². The lowest BCUT2D eigenvalue weighted by Gasteiger charge is -2.26. The monoisotopic (exact) mass is 331 g/mol. The molecule has 3 aromatic rings. The molecule has 0 saturated heterocycles. The molecule has 0 spiro atoms. The molecule has 0 saturated carbocycles. The maximum Gasteiger partial charge on any atom is 0.429 e. The molecule has 1 atom stereocenters. The maximum atomic E-state index is 13.5. The summed E-state index contributed by atoms with van der Waals surface area (Å²) in [7, 11) is 0. The molecule has 0 fully saturated rings. The lowest BCUT2D eigenvalue weighted by atomic mass is 10.0. The molecule has 3 N–H and O–H groups in total. The number of nitrogens with zero attached hydrogens (tertiary/aromatic N) is 2. The zero-order valence-corrected chi connectivity index (χ0v) is 11.9. The summed E-state index contributed by atoms with van der Waals surface area (Å²) in [5, 5.41) is 9.85. The van der Waals surface area contributed by atoms with E-state index in [1.165, 1.54) is 0 Å². The molecule has 0 amide bonds. The van der Waals surface area contributed by atoms with Gasteiger partial charge in [-0.25, -0.2) is 9.97 Å². The Morgan fingerprint density at radius 3 is 2.43 bits per heavy atom. The summed E-state index contributed by atoms with van der Waals surface area (Å²) in [5.41, 5.74) is 2.58. The third-order valence-electron chi connectivity index (χ3n) is 2.89. The molecule has 0 aliphatic carbocycles. The lowest BCUT2D eigenvalue weighted by molar-refractivity contribution is -0.247. The van der Waals surface area contributed by atoms with E-state index in [2.05, 4.69) is 9.97 Å². The second-order valence-corrected chi connectivity index (χ2v) is 6.35. The molecule has 0 bridgehead atoms. The molecule has 0 aliphatic heterocycles. The van der Waals surface area contributed by atoms with Crippen LogP contribution in [0.1, 0.15) is 9.88 Å². The van der Waals surface area contributed by atoms with E-state index in [1.54, 1.807) is 24.3 Å². The first-order chi connectivity index (χ1) is 9.82. The van der Waals surface area contributed by atoms with Gasteiger partial charge in [0.2, 0.25) is 5.60 Å². The Kier molecular flexibility index (Phi) is 3.15. The van der Waals surface area contributed by atoms with Gasteiger partial charge in [-0.05, 0) is 12.1 Å². The van der Waals surface area contributed by atoms with Gasteiger partial charge in [-0.1, -0.05) is 23.5 Å². The second-order valence-electron chi connectivity index (χ2n) is 4.26. The molecular formula is C12H8F3N3OS2. The van der Waals surface area contributed by atoms with Crippen molar-refractivity contribution in [3.63, 3.8) is 0 Å². The summed E-state index contributed by atoms with van der Waals surface area (Å²) in [5.74, 6) is 0. The first kappa shape index (κ1) is 14.2. The van der Waals surface area contributed by atoms with Crippen molar-refractivity contribution in [3.05, 3.63) is 40.3 Å². The predicted molar refractivity (Wildman–Crippen MR) is 75.2 cm³/mol. The zero-order chi connectivity index (χ0) is 15.3. The topological polar surface area (TPSA) is 72.0 Å². The van der Waals surface area contributed by atoms with E-state index < -0.39 is 21.7 Å². The van der Waals surface area contributed by atoms with Crippen LogP contribution in [0.25, 0.3) is 10.2 Å². The van der Waals surface area contributed by atoms with E-state index in [1.807, 2.05) is 0 Å². The Morgan fingerprint density at radius 1 is 1.14 bits per heavy atom. The third-order valence-corrected chi connectivity index (χ3v) is 4.97. The first-order valence-corrected chi connectivity index (χ1v) is 7.32. The minimum atomic E-state index is -4.93. The smallest absolute Gasteiger partial charge is 0.375 e. The van der Waals surface area contributed by atoms with Crippen molar-refractivity contribution in [2.75, 3.05) is 5.73 Å². The van der Waals surface area contributed by atoms with Gasteiger partial charge in [0.1, 0.15) is 5.01 Å². The molecule has 0 radical (unpaired) electrons. The zero-order valence-electron chi connectivity index (χ0n) is 10.3. The number of aromatic nitrogens is 2. The van der Waals surface area contributed by atoms with E-state index in [9.17, 15) is 18.3 Å². The van der Waals surface area contributed by atoms with Crippen molar-refractivity contribution in [1.82, 2.24) is 9.97 Å². The molecule has 3 rings (SSSR count). The maximum absolute atomic E-state index is 13.5. The number of nitrogen functional groups attached to an aromatic ring is 1. The van der Waals surface area contributed by atoms with Crippen LogP contribution in [-0.2, 0) is 5.60 Å². The highest BCUT2D eigenvalue weighted by atomic mass is 32.1. The van der Waals surface area contributed by atoms with E-state index in [-0.39, 0.29) is 5.13 Å². The molecule has 4 nitrogen and oxygen atoms in total. The lowest BCUT2D eigenvalue weighted by Crippen LogP contribution is -2.42. The van der Waals surface area contributed by atoms with Crippen molar-refractivity contribution >= 4 is 38.0 Å². The SMILES string of the molecule is Nc1ncc(C(O)(c2nc3ccccc3s2)C(F)(F)F)s1. The van der Waals surface area contributed by atoms with Crippen LogP contribution < -0.4 is 5.73 Å². The molecular weight excluding hydrogens is 323 g/mol. The fourth-order valence-electron chi connectivity index (χ4n) is 1.85. The Bertz CT molecular complexity index is 765. The van der Waals surface area contributed by atoms with Crippen molar-refractivity contribution < 1.29 is 18.3 Å². The molecule has 9 heteroatoms. The average molecular weight is 331 g/mol. The Balaban J connectivity index is 2.24. The summed E-state index contributed by atoms with van der Waals surface area (Å²) in [6, 6.07) is 6.60. The number of hydrogen-bond donors (Lipinski definition) is 2. The van der Waals surface area contributed by atoms with Gasteiger partial charge in [-0.15, -0.1) is 11.3 Å². The van der Waals surface area contributed by atoms with Crippen molar-refractivity contribution in [1.29, 1.82) is 0 Å². The van der Waals surface area contributed by atoms with Crippen LogP contribution in [0.5, 0.6) is 0 Å². The number of thiazole rings is 2. The van der Waals surface area contributed by atoms with Gasteiger partial charge in [0.05, 0.1) is 15.1 Å². The molecule has 0 aliphatic rings.